The van der Waals surface area contributed by atoms with E-state index in [0.29, 0.717) is 25.2 Å². The third-order valence-corrected chi connectivity index (χ3v) is 4.80. The average molecular weight is 350 g/mol. The molecule has 0 saturated heterocycles. The van der Waals surface area contributed by atoms with E-state index in [2.05, 4.69) is 29.0 Å². The number of oxazole rings is 1. The van der Waals surface area contributed by atoms with Crippen LogP contribution in [0.3, 0.4) is 0 Å². The van der Waals surface area contributed by atoms with Crippen LogP contribution in [0.15, 0.2) is 34.7 Å². The number of fused-ring (bicyclic) bond motifs is 1. The Morgan fingerprint density at radius 2 is 2.04 bits per heavy atom. The van der Waals surface area contributed by atoms with Crippen LogP contribution >= 0.6 is 0 Å². The Labute approximate surface area is 152 Å². The fourth-order valence-electron chi connectivity index (χ4n) is 3.28. The van der Waals surface area contributed by atoms with Crippen molar-refractivity contribution in [3.63, 3.8) is 0 Å². The summed E-state index contributed by atoms with van der Waals surface area (Å²) in [5.74, 6) is 1.85. The van der Waals surface area contributed by atoms with Gasteiger partial charge in [-0.1, -0.05) is 44.2 Å². The van der Waals surface area contributed by atoms with E-state index in [1.807, 2.05) is 42.2 Å². The molecule has 6 heteroatoms. The summed E-state index contributed by atoms with van der Waals surface area (Å²) in [5.41, 5.74) is 4.10. The molecule has 0 unspecified atom stereocenters. The number of nitrogens with zero attached hydrogens (tertiary/aromatic N) is 3. The highest BCUT2D eigenvalue weighted by molar-refractivity contribution is 5.95. The molecule has 0 saturated carbocycles. The standard InChI is InChI=1S/C20H22N4O2/c1-12(2)19-21-15-11-24(10-9-16(15)26-19)20(25)18-13(3)17(22-23-18)14-7-5-4-6-8-14/h4-8,12H,9-11H2,1-3H3,(H,22,23). The summed E-state index contributed by atoms with van der Waals surface area (Å²) in [6.45, 7) is 7.14. The number of benzene rings is 1. The van der Waals surface area contributed by atoms with Crippen molar-refractivity contribution in [3.8, 4) is 11.3 Å². The smallest absolute Gasteiger partial charge is 0.272 e. The van der Waals surface area contributed by atoms with Gasteiger partial charge in [-0.3, -0.25) is 9.89 Å². The highest BCUT2D eigenvalue weighted by atomic mass is 16.4. The van der Waals surface area contributed by atoms with Crippen LogP contribution < -0.4 is 0 Å². The van der Waals surface area contributed by atoms with Crippen molar-refractivity contribution >= 4 is 5.91 Å². The maximum atomic E-state index is 13.0. The molecule has 1 aliphatic heterocycles. The first-order valence-electron chi connectivity index (χ1n) is 8.92. The summed E-state index contributed by atoms with van der Waals surface area (Å²) in [6, 6.07) is 9.88. The van der Waals surface area contributed by atoms with Crippen LogP contribution in [0.2, 0.25) is 0 Å². The largest absolute Gasteiger partial charge is 0.445 e. The van der Waals surface area contributed by atoms with Crippen LogP contribution in [0.1, 0.15) is 53.2 Å². The molecule has 0 bridgehead atoms. The third kappa shape index (κ3) is 2.81. The zero-order valence-corrected chi connectivity index (χ0v) is 15.2. The molecule has 4 rings (SSSR count). The highest BCUT2D eigenvalue weighted by Crippen LogP contribution is 2.27. The number of aromatic amines is 1. The summed E-state index contributed by atoms with van der Waals surface area (Å²) < 4.78 is 5.82. The van der Waals surface area contributed by atoms with Gasteiger partial charge in [0, 0.05) is 30.0 Å². The van der Waals surface area contributed by atoms with Gasteiger partial charge in [0.2, 0.25) is 0 Å². The normalized spacial score (nSPS) is 13.9. The Balaban J connectivity index is 1.58. The fourth-order valence-corrected chi connectivity index (χ4v) is 3.28. The Morgan fingerprint density at radius 1 is 1.27 bits per heavy atom. The molecule has 0 atom stereocenters. The van der Waals surface area contributed by atoms with Crippen LogP contribution in [-0.4, -0.2) is 32.5 Å². The van der Waals surface area contributed by atoms with Gasteiger partial charge in [-0.05, 0) is 6.92 Å². The summed E-state index contributed by atoms with van der Waals surface area (Å²) in [6.07, 6.45) is 0.694. The molecule has 0 aliphatic carbocycles. The van der Waals surface area contributed by atoms with Gasteiger partial charge in [0.25, 0.3) is 5.91 Å². The Morgan fingerprint density at radius 3 is 2.77 bits per heavy atom. The van der Waals surface area contributed by atoms with Crippen molar-refractivity contribution in [2.45, 2.75) is 39.7 Å². The molecular weight excluding hydrogens is 328 g/mol. The fraction of sp³-hybridized carbons (Fsp3) is 0.350. The number of aromatic nitrogens is 3. The summed E-state index contributed by atoms with van der Waals surface area (Å²) in [7, 11) is 0. The Kier molecular flexibility index (Phi) is 4.11. The molecule has 26 heavy (non-hydrogen) atoms. The van der Waals surface area contributed by atoms with Gasteiger partial charge in [0.05, 0.1) is 12.2 Å². The molecule has 0 fully saturated rings. The summed E-state index contributed by atoms with van der Waals surface area (Å²) in [4.78, 5) is 19.4. The number of nitrogens with one attached hydrogen (secondary N) is 1. The van der Waals surface area contributed by atoms with E-state index in [-0.39, 0.29) is 11.8 Å². The van der Waals surface area contributed by atoms with Crippen molar-refractivity contribution in [1.82, 2.24) is 20.1 Å². The molecule has 0 radical (unpaired) electrons. The molecule has 134 valence electrons. The summed E-state index contributed by atoms with van der Waals surface area (Å²) in [5, 5.41) is 7.30. The van der Waals surface area contributed by atoms with Gasteiger partial charge < -0.3 is 9.32 Å². The predicted octanol–water partition coefficient (Wildman–Crippen LogP) is 3.70. The second-order valence-electron chi connectivity index (χ2n) is 6.99. The zero-order chi connectivity index (χ0) is 18.3. The molecule has 1 amide bonds. The van der Waals surface area contributed by atoms with Crippen LogP contribution in [0.5, 0.6) is 0 Å². The Bertz CT molecular complexity index is 940. The van der Waals surface area contributed by atoms with E-state index < -0.39 is 0 Å². The lowest BCUT2D eigenvalue weighted by molar-refractivity contribution is 0.0721. The van der Waals surface area contributed by atoms with Crippen molar-refractivity contribution in [1.29, 1.82) is 0 Å². The zero-order valence-electron chi connectivity index (χ0n) is 15.2. The quantitative estimate of drug-likeness (QED) is 0.781. The van der Waals surface area contributed by atoms with Gasteiger partial charge in [-0.15, -0.1) is 0 Å². The molecule has 0 spiro atoms. The van der Waals surface area contributed by atoms with Gasteiger partial charge >= 0.3 is 0 Å². The number of carbonyl (C=O) groups excluding carboxylic acids is 1. The Hall–Kier alpha value is -2.89. The van der Waals surface area contributed by atoms with E-state index in [1.165, 1.54) is 0 Å². The maximum absolute atomic E-state index is 13.0. The van der Waals surface area contributed by atoms with Gasteiger partial charge in [-0.2, -0.15) is 5.10 Å². The predicted molar refractivity (Wildman–Crippen MR) is 97.8 cm³/mol. The second-order valence-corrected chi connectivity index (χ2v) is 6.99. The van der Waals surface area contributed by atoms with Crippen LogP contribution in [-0.2, 0) is 13.0 Å². The molecule has 6 nitrogen and oxygen atoms in total. The van der Waals surface area contributed by atoms with E-state index in [0.717, 1.165) is 34.2 Å². The minimum Gasteiger partial charge on any atom is -0.445 e. The number of hydrogen-bond acceptors (Lipinski definition) is 4. The van der Waals surface area contributed by atoms with Crippen LogP contribution in [0, 0.1) is 6.92 Å². The molecule has 1 N–H and O–H groups in total. The number of amides is 1. The minimum absolute atomic E-state index is 0.0445. The average Bonchev–Trinajstić information content (AvgIpc) is 3.25. The number of rotatable bonds is 3. The number of carbonyl (C=O) groups is 1. The topological polar surface area (TPSA) is 75.0 Å². The van der Waals surface area contributed by atoms with E-state index in [4.69, 9.17) is 4.42 Å². The summed E-state index contributed by atoms with van der Waals surface area (Å²) >= 11 is 0. The molecule has 1 aliphatic rings. The SMILES string of the molecule is Cc1c(-c2ccccc2)n[nH]c1C(=O)N1CCc2oc(C(C)C)nc2C1. The van der Waals surface area contributed by atoms with E-state index in [9.17, 15) is 4.79 Å². The van der Waals surface area contributed by atoms with Crippen LogP contribution in [0.4, 0.5) is 0 Å². The van der Waals surface area contributed by atoms with Crippen molar-refractivity contribution in [2.75, 3.05) is 6.54 Å². The van der Waals surface area contributed by atoms with E-state index >= 15 is 0 Å². The first kappa shape index (κ1) is 16.6. The number of H-pyrrole nitrogens is 1. The molecule has 1 aromatic carbocycles. The molecular formula is C20H22N4O2. The molecule has 3 heterocycles. The molecule has 3 aromatic rings. The van der Waals surface area contributed by atoms with Crippen LogP contribution in [0.25, 0.3) is 11.3 Å². The van der Waals surface area contributed by atoms with E-state index in [1.54, 1.807) is 0 Å². The number of hydrogen-bond donors (Lipinski definition) is 1. The van der Waals surface area contributed by atoms with Crippen molar-refractivity contribution < 1.29 is 9.21 Å². The van der Waals surface area contributed by atoms with Crippen molar-refractivity contribution in [3.05, 3.63) is 58.9 Å². The lowest BCUT2D eigenvalue weighted by Gasteiger charge is -2.25. The maximum Gasteiger partial charge on any atom is 0.272 e. The van der Waals surface area contributed by atoms with Gasteiger partial charge in [0.1, 0.15) is 17.1 Å². The lowest BCUT2D eigenvalue weighted by atomic mass is 10.1. The highest BCUT2D eigenvalue weighted by Gasteiger charge is 2.29. The third-order valence-electron chi connectivity index (χ3n) is 4.80. The first-order chi connectivity index (χ1) is 12.5. The first-order valence-corrected chi connectivity index (χ1v) is 8.92. The second kappa shape index (κ2) is 6.44. The molecule has 2 aromatic heterocycles. The van der Waals surface area contributed by atoms with Gasteiger partial charge in [-0.25, -0.2) is 4.98 Å². The monoisotopic (exact) mass is 350 g/mol. The lowest BCUT2D eigenvalue weighted by Crippen LogP contribution is -2.36. The van der Waals surface area contributed by atoms with Gasteiger partial charge in [0.15, 0.2) is 5.89 Å². The van der Waals surface area contributed by atoms with Crippen molar-refractivity contribution in [2.24, 2.45) is 0 Å². The minimum atomic E-state index is -0.0445.